The van der Waals surface area contributed by atoms with E-state index in [2.05, 4.69) is 84.6 Å². The Bertz CT molecular complexity index is 837. The molecule has 1 aliphatic rings. The molecule has 2 nitrogen and oxygen atoms in total. The van der Waals surface area contributed by atoms with E-state index in [1.165, 1.54) is 33.5 Å². The minimum absolute atomic E-state index is 0.794. The first-order chi connectivity index (χ1) is 12.3. The van der Waals surface area contributed by atoms with E-state index in [1.54, 1.807) is 0 Å². The monoisotopic (exact) mass is 329 g/mol. The first-order valence-electron chi connectivity index (χ1n) is 8.91. The van der Waals surface area contributed by atoms with Crippen molar-refractivity contribution in [2.45, 2.75) is 6.92 Å². The van der Waals surface area contributed by atoms with Crippen LogP contribution in [0.2, 0.25) is 0 Å². The van der Waals surface area contributed by atoms with Gasteiger partial charge < -0.3 is 9.64 Å². The highest BCUT2D eigenvalue weighted by Gasteiger charge is 2.18. The van der Waals surface area contributed by atoms with Gasteiger partial charge in [-0.3, -0.25) is 0 Å². The van der Waals surface area contributed by atoms with Crippen molar-refractivity contribution in [1.82, 2.24) is 0 Å². The molecule has 1 heterocycles. The zero-order chi connectivity index (χ0) is 17.1. The predicted octanol–water partition coefficient (Wildman–Crippen LogP) is 5.17. The molecule has 3 aromatic rings. The highest BCUT2D eigenvalue weighted by molar-refractivity contribution is 5.85. The van der Waals surface area contributed by atoms with Crippen molar-refractivity contribution in [3.63, 3.8) is 0 Å². The van der Waals surface area contributed by atoms with Crippen LogP contribution in [0.4, 0.5) is 5.69 Å². The maximum Gasteiger partial charge on any atom is 0.0642 e. The van der Waals surface area contributed by atoms with Gasteiger partial charge in [0.1, 0.15) is 0 Å². The number of aryl methyl sites for hydroxylation is 1. The van der Waals surface area contributed by atoms with Gasteiger partial charge in [0, 0.05) is 24.3 Å². The van der Waals surface area contributed by atoms with Gasteiger partial charge in [-0.2, -0.15) is 0 Å². The smallest absolute Gasteiger partial charge is 0.0642 e. The van der Waals surface area contributed by atoms with Gasteiger partial charge in [0.25, 0.3) is 0 Å². The third kappa shape index (κ3) is 3.31. The maximum absolute atomic E-state index is 5.56. The molecular formula is C23H23NO. The average Bonchev–Trinajstić information content (AvgIpc) is 2.70. The zero-order valence-corrected chi connectivity index (χ0v) is 14.6. The summed E-state index contributed by atoms with van der Waals surface area (Å²) in [6, 6.07) is 26.0. The normalized spacial score (nSPS) is 14.5. The Kier molecular flexibility index (Phi) is 4.53. The molecule has 0 aliphatic carbocycles. The highest BCUT2D eigenvalue weighted by atomic mass is 16.5. The van der Waals surface area contributed by atoms with Gasteiger partial charge in [-0.15, -0.1) is 0 Å². The number of morpholine rings is 1. The quantitative estimate of drug-likeness (QED) is 0.657. The van der Waals surface area contributed by atoms with Gasteiger partial charge in [0.15, 0.2) is 0 Å². The Hall–Kier alpha value is -2.58. The molecule has 0 saturated carbocycles. The van der Waals surface area contributed by atoms with E-state index in [-0.39, 0.29) is 0 Å². The number of hydrogen-bond donors (Lipinski definition) is 0. The molecule has 0 bridgehead atoms. The van der Waals surface area contributed by atoms with Crippen LogP contribution in [0.1, 0.15) is 5.56 Å². The number of rotatable bonds is 3. The summed E-state index contributed by atoms with van der Waals surface area (Å²) in [7, 11) is 0. The van der Waals surface area contributed by atoms with Crippen LogP contribution in [0.3, 0.4) is 0 Å². The fourth-order valence-corrected chi connectivity index (χ4v) is 3.54. The van der Waals surface area contributed by atoms with E-state index in [4.69, 9.17) is 4.74 Å². The van der Waals surface area contributed by atoms with E-state index in [9.17, 15) is 0 Å². The largest absolute Gasteiger partial charge is 0.378 e. The lowest BCUT2D eigenvalue weighted by Crippen LogP contribution is -2.36. The third-order valence-electron chi connectivity index (χ3n) is 4.86. The Morgan fingerprint density at radius 2 is 1.28 bits per heavy atom. The van der Waals surface area contributed by atoms with Crippen LogP contribution < -0.4 is 4.90 Å². The number of ether oxygens (including phenoxy) is 1. The number of hydrogen-bond acceptors (Lipinski definition) is 2. The SMILES string of the molecule is Cc1cc(-c2ccccc2)c(N2CCOCC2)cc1-c1ccccc1. The molecule has 126 valence electrons. The second-order valence-corrected chi connectivity index (χ2v) is 6.52. The minimum atomic E-state index is 0.794. The molecule has 0 atom stereocenters. The van der Waals surface area contributed by atoms with Gasteiger partial charge in [-0.25, -0.2) is 0 Å². The zero-order valence-electron chi connectivity index (χ0n) is 14.6. The van der Waals surface area contributed by atoms with Crippen molar-refractivity contribution >= 4 is 5.69 Å². The van der Waals surface area contributed by atoms with Crippen LogP contribution in [0.15, 0.2) is 72.8 Å². The summed E-state index contributed by atoms with van der Waals surface area (Å²) in [5.74, 6) is 0. The molecule has 0 spiro atoms. The van der Waals surface area contributed by atoms with Crippen molar-refractivity contribution in [2.24, 2.45) is 0 Å². The summed E-state index contributed by atoms with van der Waals surface area (Å²) >= 11 is 0. The van der Waals surface area contributed by atoms with Crippen LogP contribution in [0.25, 0.3) is 22.3 Å². The molecule has 0 unspecified atom stereocenters. The first-order valence-corrected chi connectivity index (χ1v) is 8.91. The standard InChI is InChI=1S/C23H23NO/c1-18-16-22(20-10-6-3-7-11-20)23(24-12-14-25-15-13-24)17-21(18)19-8-4-2-5-9-19/h2-11,16-17H,12-15H2,1H3. The first kappa shape index (κ1) is 15.9. The van der Waals surface area contributed by atoms with Crippen molar-refractivity contribution in [3.8, 4) is 22.3 Å². The summed E-state index contributed by atoms with van der Waals surface area (Å²) in [6.07, 6.45) is 0. The van der Waals surface area contributed by atoms with E-state index < -0.39 is 0 Å². The van der Waals surface area contributed by atoms with Crippen molar-refractivity contribution in [1.29, 1.82) is 0 Å². The van der Waals surface area contributed by atoms with Gasteiger partial charge in [-0.1, -0.05) is 60.7 Å². The minimum Gasteiger partial charge on any atom is -0.378 e. The Labute approximate surface area is 149 Å². The summed E-state index contributed by atoms with van der Waals surface area (Å²) < 4.78 is 5.56. The lowest BCUT2D eigenvalue weighted by Gasteiger charge is -2.31. The highest BCUT2D eigenvalue weighted by Crippen LogP contribution is 2.37. The molecule has 2 heteroatoms. The molecule has 1 aliphatic heterocycles. The van der Waals surface area contributed by atoms with Crippen molar-refractivity contribution in [3.05, 3.63) is 78.4 Å². The Balaban J connectivity index is 1.87. The van der Waals surface area contributed by atoms with Crippen LogP contribution in [-0.2, 0) is 4.74 Å². The fraction of sp³-hybridized carbons (Fsp3) is 0.217. The second-order valence-electron chi connectivity index (χ2n) is 6.52. The lowest BCUT2D eigenvalue weighted by atomic mass is 9.93. The molecule has 0 radical (unpaired) electrons. The molecule has 1 saturated heterocycles. The van der Waals surface area contributed by atoms with Gasteiger partial charge in [0.2, 0.25) is 0 Å². The number of nitrogens with zero attached hydrogens (tertiary/aromatic N) is 1. The summed E-state index contributed by atoms with van der Waals surface area (Å²) in [5.41, 5.74) is 7.77. The van der Waals surface area contributed by atoms with Crippen molar-refractivity contribution < 1.29 is 4.74 Å². The van der Waals surface area contributed by atoms with Gasteiger partial charge in [0.05, 0.1) is 13.2 Å². The summed E-state index contributed by atoms with van der Waals surface area (Å²) in [6.45, 7) is 5.68. The topological polar surface area (TPSA) is 12.5 Å². The number of benzene rings is 3. The maximum atomic E-state index is 5.56. The van der Waals surface area contributed by atoms with Crippen LogP contribution in [-0.4, -0.2) is 26.3 Å². The molecule has 3 aromatic carbocycles. The summed E-state index contributed by atoms with van der Waals surface area (Å²) in [5, 5.41) is 0. The number of anilines is 1. The molecular weight excluding hydrogens is 306 g/mol. The average molecular weight is 329 g/mol. The van der Waals surface area contributed by atoms with Crippen molar-refractivity contribution in [2.75, 3.05) is 31.2 Å². The van der Waals surface area contributed by atoms with Crippen LogP contribution >= 0.6 is 0 Å². The molecule has 4 rings (SSSR count). The summed E-state index contributed by atoms with van der Waals surface area (Å²) in [4.78, 5) is 2.46. The molecule has 1 fully saturated rings. The van der Waals surface area contributed by atoms with E-state index in [0.29, 0.717) is 0 Å². The lowest BCUT2D eigenvalue weighted by molar-refractivity contribution is 0.123. The van der Waals surface area contributed by atoms with E-state index in [1.807, 2.05) is 0 Å². The molecule has 25 heavy (non-hydrogen) atoms. The molecule has 0 aromatic heterocycles. The van der Waals surface area contributed by atoms with E-state index in [0.717, 1.165) is 26.3 Å². The van der Waals surface area contributed by atoms with Crippen LogP contribution in [0, 0.1) is 6.92 Å². The second kappa shape index (κ2) is 7.12. The third-order valence-corrected chi connectivity index (χ3v) is 4.86. The predicted molar refractivity (Wildman–Crippen MR) is 105 cm³/mol. The van der Waals surface area contributed by atoms with Gasteiger partial charge >= 0.3 is 0 Å². The van der Waals surface area contributed by atoms with Gasteiger partial charge in [-0.05, 0) is 41.3 Å². The molecule has 0 amide bonds. The Morgan fingerprint density at radius 1 is 0.720 bits per heavy atom. The fourth-order valence-electron chi connectivity index (χ4n) is 3.54. The molecule has 0 N–H and O–H groups in total. The van der Waals surface area contributed by atoms with E-state index >= 15 is 0 Å². The Morgan fingerprint density at radius 3 is 1.88 bits per heavy atom. The van der Waals surface area contributed by atoms with Crippen LogP contribution in [0.5, 0.6) is 0 Å².